The van der Waals surface area contributed by atoms with E-state index in [1.807, 2.05) is 49.1 Å². The van der Waals surface area contributed by atoms with E-state index in [1.165, 1.54) is 12.0 Å². The first-order chi connectivity index (χ1) is 17.7. The molecule has 4 heterocycles. The first-order valence-corrected chi connectivity index (χ1v) is 13.0. The summed E-state index contributed by atoms with van der Waals surface area (Å²) in [5.41, 5.74) is 8.57. The van der Waals surface area contributed by atoms with Gasteiger partial charge in [0.25, 0.3) is 5.91 Å². The molecule has 9 nitrogen and oxygen atoms in total. The standard InChI is InChI=1S/C27H30N6O3S/c1-16-17(2)37-24(29-16)21-11-8-12-33(21)25(34)20-13-19(14-22(30-20)35-4)23-31-32-26(36-23)27(3,28)15-18-9-6-5-7-10-18/h5-7,9-10,13-14,21H,8,11-12,15,28H2,1-4H3. The van der Waals surface area contributed by atoms with E-state index in [0.717, 1.165) is 29.1 Å². The molecule has 0 bridgehead atoms. The number of carbonyl (C=O) groups excluding carboxylic acids is 1. The number of nitrogens with zero attached hydrogens (tertiary/aromatic N) is 5. The number of hydrogen-bond acceptors (Lipinski definition) is 9. The monoisotopic (exact) mass is 518 g/mol. The smallest absolute Gasteiger partial charge is 0.273 e. The van der Waals surface area contributed by atoms with Gasteiger partial charge in [-0.2, -0.15) is 0 Å². The Hall–Kier alpha value is -3.63. The maximum absolute atomic E-state index is 13.6. The fourth-order valence-corrected chi connectivity index (χ4v) is 5.63. The molecule has 1 amide bonds. The number of carbonyl (C=O) groups is 1. The molecular formula is C27H30N6O3S. The Morgan fingerprint density at radius 1 is 1.22 bits per heavy atom. The molecule has 192 valence electrons. The highest BCUT2D eigenvalue weighted by Gasteiger charge is 2.34. The minimum atomic E-state index is -0.866. The van der Waals surface area contributed by atoms with Crippen LogP contribution in [0, 0.1) is 13.8 Å². The van der Waals surface area contributed by atoms with Crippen LogP contribution in [0.2, 0.25) is 0 Å². The second-order valence-electron chi connectivity index (χ2n) is 9.63. The molecule has 0 saturated carbocycles. The van der Waals surface area contributed by atoms with E-state index in [-0.39, 0.29) is 29.4 Å². The van der Waals surface area contributed by atoms with Gasteiger partial charge < -0.3 is 19.8 Å². The van der Waals surface area contributed by atoms with E-state index in [2.05, 4.69) is 22.1 Å². The van der Waals surface area contributed by atoms with Crippen LogP contribution >= 0.6 is 11.3 Å². The average molecular weight is 519 g/mol. The highest BCUT2D eigenvalue weighted by Crippen LogP contribution is 2.36. The number of methoxy groups -OCH3 is 1. The van der Waals surface area contributed by atoms with E-state index in [9.17, 15) is 4.79 Å². The van der Waals surface area contributed by atoms with Crippen molar-refractivity contribution in [3.8, 4) is 17.3 Å². The van der Waals surface area contributed by atoms with Crippen LogP contribution in [0.15, 0.2) is 46.9 Å². The van der Waals surface area contributed by atoms with Crippen LogP contribution in [0.4, 0.5) is 0 Å². The molecule has 1 saturated heterocycles. The summed E-state index contributed by atoms with van der Waals surface area (Å²) >= 11 is 1.65. The maximum atomic E-state index is 13.6. The van der Waals surface area contributed by atoms with Crippen molar-refractivity contribution >= 4 is 17.2 Å². The molecule has 0 radical (unpaired) electrons. The van der Waals surface area contributed by atoms with Crippen LogP contribution in [0.3, 0.4) is 0 Å². The number of nitrogens with two attached hydrogens (primary N) is 1. The summed E-state index contributed by atoms with van der Waals surface area (Å²) in [7, 11) is 1.51. The Labute approximate surface area is 219 Å². The lowest BCUT2D eigenvalue weighted by Crippen LogP contribution is -2.35. The second kappa shape index (κ2) is 10.0. The van der Waals surface area contributed by atoms with E-state index in [1.54, 1.807) is 23.5 Å². The van der Waals surface area contributed by atoms with Crippen LogP contribution in [-0.2, 0) is 12.0 Å². The number of benzene rings is 1. The van der Waals surface area contributed by atoms with Gasteiger partial charge in [-0.15, -0.1) is 21.5 Å². The lowest BCUT2D eigenvalue weighted by Gasteiger charge is -2.23. The number of thiazole rings is 1. The quantitative estimate of drug-likeness (QED) is 0.377. The van der Waals surface area contributed by atoms with Gasteiger partial charge in [0.1, 0.15) is 10.7 Å². The van der Waals surface area contributed by atoms with Crippen molar-refractivity contribution in [2.24, 2.45) is 5.73 Å². The molecule has 10 heteroatoms. The average Bonchev–Trinajstić information content (AvgIpc) is 3.64. The van der Waals surface area contributed by atoms with Crippen LogP contribution in [0.1, 0.15) is 63.3 Å². The van der Waals surface area contributed by atoms with E-state index in [0.29, 0.717) is 24.4 Å². The summed E-state index contributed by atoms with van der Waals surface area (Å²) in [6.45, 7) is 6.55. The lowest BCUT2D eigenvalue weighted by molar-refractivity contribution is 0.0728. The Bertz CT molecular complexity index is 1400. The summed E-state index contributed by atoms with van der Waals surface area (Å²) in [6, 6.07) is 13.2. The van der Waals surface area contributed by atoms with E-state index >= 15 is 0 Å². The first kappa shape index (κ1) is 25.0. The second-order valence-corrected chi connectivity index (χ2v) is 10.9. The topological polar surface area (TPSA) is 120 Å². The highest BCUT2D eigenvalue weighted by molar-refractivity contribution is 7.11. The zero-order chi connectivity index (χ0) is 26.2. The van der Waals surface area contributed by atoms with Gasteiger partial charge >= 0.3 is 0 Å². The van der Waals surface area contributed by atoms with Crippen LogP contribution in [-0.4, -0.2) is 44.6 Å². The molecular weight excluding hydrogens is 488 g/mol. The van der Waals surface area contributed by atoms with Crippen LogP contribution in [0.5, 0.6) is 5.88 Å². The number of aromatic nitrogens is 4. The largest absolute Gasteiger partial charge is 0.481 e. The van der Waals surface area contributed by atoms with Crippen LogP contribution < -0.4 is 10.5 Å². The van der Waals surface area contributed by atoms with Gasteiger partial charge in [0.05, 0.1) is 24.4 Å². The third kappa shape index (κ3) is 5.12. The number of aryl methyl sites for hydroxylation is 2. The predicted molar refractivity (Wildman–Crippen MR) is 140 cm³/mol. The third-order valence-electron chi connectivity index (χ3n) is 6.65. The normalized spacial score (nSPS) is 17.1. The zero-order valence-electron chi connectivity index (χ0n) is 21.4. The summed E-state index contributed by atoms with van der Waals surface area (Å²) in [5, 5.41) is 9.42. The summed E-state index contributed by atoms with van der Waals surface area (Å²) in [6.07, 6.45) is 2.32. The van der Waals surface area contributed by atoms with E-state index in [4.69, 9.17) is 19.9 Å². The molecule has 4 aromatic rings. The number of pyridine rings is 1. The number of rotatable bonds is 7. The van der Waals surface area contributed by atoms with Crippen molar-refractivity contribution in [1.29, 1.82) is 0 Å². The summed E-state index contributed by atoms with van der Waals surface area (Å²) in [4.78, 5) is 25.8. The predicted octanol–water partition coefficient (Wildman–Crippen LogP) is 4.61. The minimum Gasteiger partial charge on any atom is -0.481 e. The molecule has 0 aliphatic carbocycles. The molecule has 37 heavy (non-hydrogen) atoms. The fraction of sp³-hybridized carbons (Fsp3) is 0.370. The third-order valence-corrected chi connectivity index (χ3v) is 7.82. The molecule has 1 aliphatic heterocycles. The Morgan fingerprint density at radius 3 is 2.70 bits per heavy atom. The molecule has 3 aromatic heterocycles. The molecule has 5 rings (SSSR count). The van der Waals surface area contributed by atoms with E-state index < -0.39 is 5.54 Å². The van der Waals surface area contributed by atoms with Gasteiger partial charge in [-0.1, -0.05) is 30.3 Å². The highest BCUT2D eigenvalue weighted by atomic mass is 32.1. The van der Waals surface area contributed by atoms with Crippen molar-refractivity contribution in [3.63, 3.8) is 0 Å². The van der Waals surface area contributed by atoms with Gasteiger partial charge in [-0.3, -0.25) is 4.79 Å². The number of hydrogen-bond donors (Lipinski definition) is 1. The number of likely N-dealkylation sites (tertiary alicyclic amines) is 1. The molecule has 2 N–H and O–H groups in total. The van der Waals surface area contributed by atoms with Gasteiger partial charge in [0.15, 0.2) is 0 Å². The Morgan fingerprint density at radius 2 is 2.00 bits per heavy atom. The summed E-state index contributed by atoms with van der Waals surface area (Å²) in [5.74, 6) is 0.667. The van der Waals surface area contributed by atoms with Gasteiger partial charge in [0, 0.05) is 23.1 Å². The van der Waals surface area contributed by atoms with Crippen molar-refractivity contribution in [1.82, 2.24) is 25.1 Å². The van der Waals surface area contributed by atoms with Gasteiger partial charge in [-0.05, 0) is 51.7 Å². The molecule has 0 spiro atoms. The van der Waals surface area contributed by atoms with Crippen molar-refractivity contribution in [3.05, 3.63) is 75.2 Å². The number of amides is 1. The van der Waals surface area contributed by atoms with Crippen molar-refractivity contribution < 1.29 is 13.9 Å². The Kier molecular flexibility index (Phi) is 6.78. The minimum absolute atomic E-state index is 0.0627. The van der Waals surface area contributed by atoms with Gasteiger partial charge in [-0.25, -0.2) is 9.97 Å². The van der Waals surface area contributed by atoms with Crippen molar-refractivity contribution in [2.45, 2.75) is 51.6 Å². The zero-order valence-corrected chi connectivity index (χ0v) is 22.2. The SMILES string of the molecule is COc1cc(-c2nnc(C(C)(N)Cc3ccccc3)o2)cc(C(=O)N2CCCC2c2nc(C)c(C)s2)n1. The molecule has 1 fully saturated rings. The molecule has 2 atom stereocenters. The molecule has 1 aromatic carbocycles. The van der Waals surface area contributed by atoms with Crippen LogP contribution in [0.25, 0.3) is 11.5 Å². The maximum Gasteiger partial charge on any atom is 0.273 e. The van der Waals surface area contributed by atoms with Gasteiger partial charge in [0.2, 0.25) is 17.7 Å². The lowest BCUT2D eigenvalue weighted by atomic mass is 9.94. The fourth-order valence-electron chi connectivity index (χ4n) is 4.56. The van der Waals surface area contributed by atoms with Crippen molar-refractivity contribution in [2.75, 3.05) is 13.7 Å². The molecule has 2 unspecified atom stereocenters. The molecule has 1 aliphatic rings. The summed E-state index contributed by atoms with van der Waals surface area (Å²) < 4.78 is 11.4. The number of ether oxygens (including phenoxy) is 1. The first-order valence-electron chi connectivity index (χ1n) is 12.2. The Balaban J connectivity index is 1.43.